The normalized spacial score (nSPS) is 10.3. The number of rotatable bonds is 2. The number of benzene rings is 4. The van der Waals surface area contributed by atoms with Crippen LogP contribution in [0.25, 0.3) is 0 Å². The molecule has 0 fully saturated rings. The molecule has 0 amide bonds. The molecule has 0 unspecified atom stereocenters. The van der Waals surface area contributed by atoms with E-state index < -0.39 is 11.7 Å². The molecule has 0 spiro atoms. The van der Waals surface area contributed by atoms with Crippen molar-refractivity contribution in [1.29, 1.82) is 0 Å². The van der Waals surface area contributed by atoms with E-state index in [9.17, 15) is 18.0 Å². The smallest absolute Gasteiger partial charge is 0.287 e. The average molecular weight is 549 g/mol. The molecular weight excluding hydrogens is 525 g/mol. The Morgan fingerprint density at radius 1 is 0.675 bits per heavy atom. The van der Waals surface area contributed by atoms with E-state index in [4.69, 9.17) is 0 Å². The van der Waals surface area contributed by atoms with Crippen LogP contribution in [0.5, 0.6) is 0 Å². The van der Waals surface area contributed by atoms with Gasteiger partial charge >= 0.3 is 6.18 Å². The van der Waals surface area contributed by atoms with Gasteiger partial charge in [-0.05, 0) is 84.8 Å². The first kappa shape index (κ1) is 28.4. The number of aryl methyl sites for hydroxylation is 1. The summed E-state index contributed by atoms with van der Waals surface area (Å²) >= 11 is 1.17. The predicted octanol–water partition coefficient (Wildman–Crippen LogP) is 8.11. The zero-order valence-electron chi connectivity index (χ0n) is 21.8. The lowest BCUT2D eigenvalue weighted by Crippen LogP contribution is -2.08. The number of hydrogen-bond acceptors (Lipinski definition) is 2. The molecule has 0 saturated carbocycles. The van der Waals surface area contributed by atoms with Crippen molar-refractivity contribution in [3.8, 4) is 35.5 Å². The topological polar surface area (TPSA) is 17.1 Å². The number of hydrogen-bond donors (Lipinski definition) is 0. The molecule has 5 heteroatoms. The summed E-state index contributed by atoms with van der Waals surface area (Å²) in [6, 6.07) is 25.9. The summed E-state index contributed by atoms with van der Waals surface area (Å²) in [7, 11) is 0. The first-order chi connectivity index (χ1) is 19.2. The Kier molecular flexibility index (Phi) is 9.19. The summed E-state index contributed by atoms with van der Waals surface area (Å²) in [6.45, 7) is 3.52. The van der Waals surface area contributed by atoms with Crippen molar-refractivity contribution in [3.05, 3.63) is 136 Å². The quantitative estimate of drug-likeness (QED) is 0.186. The summed E-state index contributed by atoms with van der Waals surface area (Å²) in [6.07, 6.45) is -3.86. The molecule has 0 aromatic heterocycles. The number of alkyl halides is 3. The second-order valence-electron chi connectivity index (χ2n) is 8.72. The largest absolute Gasteiger partial charge is 0.417 e. The molecule has 0 radical (unpaired) electrons. The SMILES string of the molecule is CCc1cc(C#Cc2ccc(SC(C)=O)cc2)ccc1C#Cc1ccc(C#Cc2ccccc2)c(C(F)(F)F)c1. The van der Waals surface area contributed by atoms with Crippen LogP contribution in [-0.2, 0) is 17.4 Å². The predicted molar refractivity (Wildman–Crippen MR) is 155 cm³/mol. The third kappa shape index (κ3) is 7.94. The first-order valence-electron chi connectivity index (χ1n) is 12.4. The van der Waals surface area contributed by atoms with Gasteiger partial charge in [0.15, 0.2) is 5.12 Å². The molecule has 40 heavy (non-hydrogen) atoms. The van der Waals surface area contributed by atoms with Crippen molar-refractivity contribution in [3.63, 3.8) is 0 Å². The van der Waals surface area contributed by atoms with E-state index in [1.165, 1.54) is 24.8 Å². The van der Waals surface area contributed by atoms with Crippen LogP contribution >= 0.6 is 11.8 Å². The fraction of sp³-hybridized carbons (Fsp3) is 0.114. The number of carbonyl (C=O) groups excluding carboxylic acids is 1. The molecule has 0 aliphatic rings. The minimum absolute atomic E-state index is 0.0278. The van der Waals surface area contributed by atoms with Crippen molar-refractivity contribution < 1.29 is 18.0 Å². The second kappa shape index (κ2) is 12.9. The molecular formula is C35H23F3OS. The summed E-state index contributed by atoms with van der Waals surface area (Å²) < 4.78 is 41.4. The molecule has 196 valence electrons. The summed E-state index contributed by atoms with van der Waals surface area (Å²) in [5.74, 6) is 17.6. The maximum Gasteiger partial charge on any atom is 0.417 e. The lowest BCUT2D eigenvalue weighted by molar-refractivity contribution is -0.137. The Morgan fingerprint density at radius 3 is 1.85 bits per heavy atom. The van der Waals surface area contributed by atoms with Gasteiger partial charge in [-0.3, -0.25) is 4.79 Å². The molecule has 0 atom stereocenters. The van der Waals surface area contributed by atoms with Gasteiger partial charge in [0.2, 0.25) is 0 Å². The monoisotopic (exact) mass is 548 g/mol. The van der Waals surface area contributed by atoms with E-state index in [0.717, 1.165) is 33.2 Å². The van der Waals surface area contributed by atoms with Crippen molar-refractivity contribution in [2.24, 2.45) is 0 Å². The molecule has 0 saturated heterocycles. The maximum absolute atomic E-state index is 13.8. The van der Waals surface area contributed by atoms with Gasteiger partial charge in [-0.2, -0.15) is 13.2 Å². The van der Waals surface area contributed by atoms with Crippen molar-refractivity contribution in [2.45, 2.75) is 31.3 Å². The second-order valence-corrected chi connectivity index (χ2v) is 9.97. The Labute approximate surface area is 236 Å². The van der Waals surface area contributed by atoms with Gasteiger partial charge in [0.05, 0.1) is 5.56 Å². The Morgan fingerprint density at radius 2 is 1.20 bits per heavy atom. The van der Waals surface area contributed by atoms with Crippen molar-refractivity contribution in [2.75, 3.05) is 0 Å². The fourth-order valence-corrected chi connectivity index (χ4v) is 4.37. The number of carbonyl (C=O) groups is 1. The molecule has 4 aromatic carbocycles. The summed E-state index contributed by atoms with van der Waals surface area (Å²) in [5, 5.41) is 0.0278. The summed E-state index contributed by atoms with van der Waals surface area (Å²) in [4.78, 5) is 12.1. The molecule has 4 rings (SSSR count). The van der Waals surface area contributed by atoms with E-state index in [1.807, 2.05) is 55.5 Å². The van der Waals surface area contributed by atoms with Gasteiger partial charge in [0.1, 0.15) is 0 Å². The zero-order valence-corrected chi connectivity index (χ0v) is 22.6. The number of halogens is 3. The number of thioether (sulfide) groups is 1. The minimum atomic E-state index is -4.56. The molecule has 0 heterocycles. The Bertz CT molecular complexity index is 1720. The maximum atomic E-state index is 13.8. The van der Waals surface area contributed by atoms with Crippen LogP contribution in [-0.4, -0.2) is 5.12 Å². The van der Waals surface area contributed by atoms with Gasteiger partial charge in [0.25, 0.3) is 0 Å². The molecule has 0 aliphatic carbocycles. The van der Waals surface area contributed by atoms with Crippen molar-refractivity contribution in [1.82, 2.24) is 0 Å². The lowest BCUT2D eigenvalue weighted by Gasteiger charge is -2.09. The summed E-state index contributed by atoms with van der Waals surface area (Å²) in [5.41, 5.74) is 3.33. The van der Waals surface area contributed by atoms with Crippen LogP contribution in [0, 0.1) is 35.5 Å². The van der Waals surface area contributed by atoms with Crippen LogP contribution < -0.4 is 0 Å². The molecule has 0 aliphatic heterocycles. The fourth-order valence-electron chi connectivity index (χ4n) is 3.77. The van der Waals surface area contributed by atoms with Gasteiger partial charge in [-0.15, -0.1) is 0 Å². The highest BCUT2D eigenvalue weighted by atomic mass is 32.2. The third-order valence-electron chi connectivity index (χ3n) is 5.73. The van der Waals surface area contributed by atoms with Gasteiger partial charge in [0, 0.05) is 45.2 Å². The van der Waals surface area contributed by atoms with Crippen LogP contribution in [0.4, 0.5) is 13.2 Å². The van der Waals surface area contributed by atoms with E-state index in [2.05, 4.69) is 35.5 Å². The highest BCUT2D eigenvalue weighted by molar-refractivity contribution is 8.13. The highest BCUT2D eigenvalue weighted by Crippen LogP contribution is 2.32. The lowest BCUT2D eigenvalue weighted by atomic mass is 10.0. The van der Waals surface area contributed by atoms with Gasteiger partial charge in [-0.25, -0.2) is 0 Å². The molecule has 0 bridgehead atoms. The minimum Gasteiger partial charge on any atom is -0.287 e. The van der Waals surface area contributed by atoms with E-state index in [-0.39, 0.29) is 16.2 Å². The van der Waals surface area contributed by atoms with Crippen LogP contribution in [0.2, 0.25) is 0 Å². The van der Waals surface area contributed by atoms with Gasteiger partial charge in [-0.1, -0.05) is 72.4 Å². The first-order valence-corrected chi connectivity index (χ1v) is 13.3. The Hall–Kier alpha value is -4.63. The van der Waals surface area contributed by atoms with Crippen LogP contribution in [0.3, 0.4) is 0 Å². The third-order valence-corrected chi connectivity index (χ3v) is 6.53. The average Bonchev–Trinajstić information content (AvgIpc) is 2.94. The Balaban J connectivity index is 1.57. The zero-order chi connectivity index (χ0) is 28.5. The van der Waals surface area contributed by atoms with Crippen LogP contribution in [0.1, 0.15) is 58.4 Å². The van der Waals surface area contributed by atoms with Crippen molar-refractivity contribution >= 4 is 16.9 Å². The molecule has 4 aromatic rings. The molecule has 0 N–H and O–H groups in total. The van der Waals surface area contributed by atoms with Gasteiger partial charge < -0.3 is 0 Å². The van der Waals surface area contributed by atoms with E-state index in [0.29, 0.717) is 12.0 Å². The standard InChI is InChI=1S/C35H23F3OS/c1-3-30-23-28(10-9-27-15-21-33(22-16-27)40-25(2)39)12-17-31(30)18-13-29-14-20-32(34(24-29)35(36,37)38)19-11-26-7-5-4-6-8-26/h4-8,12,14-17,20-24H,3H2,1-2H3. The van der Waals surface area contributed by atoms with Crippen LogP contribution in [0.15, 0.2) is 95.9 Å². The highest BCUT2D eigenvalue weighted by Gasteiger charge is 2.33. The van der Waals surface area contributed by atoms with E-state index >= 15 is 0 Å². The molecule has 1 nitrogen and oxygen atoms in total. The van der Waals surface area contributed by atoms with E-state index in [1.54, 1.807) is 30.3 Å².